The van der Waals surface area contributed by atoms with Crippen LogP contribution < -0.4 is 10.1 Å². The molecule has 0 spiro atoms. The maximum absolute atomic E-state index is 5.56. The Morgan fingerprint density at radius 1 is 1.24 bits per heavy atom. The Kier molecular flexibility index (Phi) is 5.38. The molecule has 0 radical (unpaired) electrons. The molecule has 1 aromatic rings. The second-order valence-electron chi connectivity index (χ2n) is 4.82. The summed E-state index contributed by atoms with van der Waals surface area (Å²) in [6.45, 7) is 7.99. The first-order chi connectivity index (χ1) is 8.01. The summed E-state index contributed by atoms with van der Waals surface area (Å²) in [7, 11) is 1.90. The summed E-state index contributed by atoms with van der Waals surface area (Å²) in [6, 6.07) is 3.88. The van der Waals surface area contributed by atoms with E-state index in [4.69, 9.17) is 9.47 Å². The van der Waals surface area contributed by atoms with E-state index in [-0.39, 0.29) is 5.60 Å². The first kappa shape index (κ1) is 13.9. The Bertz CT molecular complexity index is 317. The predicted molar refractivity (Wildman–Crippen MR) is 68.2 cm³/mol. The minimum absolute atomic E-state index is 0.113. The summed E-state index contributed by atoms with van der Waals surface area (Å²) in [6.07, 6.45) is 1.74. The molecule has 96 valence electrons. The summed E-state index contributed by atoms with van der Waals surface area (Å²) in [5.41, 5.74) is 0.893. The van der Waals surface area contributed by atoms with E-state index in [1.807, 2.05) is 40.0 Å². The minimum Gasteiger partial charge on any atom is -0.490 e. The van der Waals surface area contributed by atoms with E-state index >= 15 is 0 Å². The van der Waals surface area contributed by atoms with Crippen LogP contribution in [0.2, 0.25) is 0 Å². The minimum atomic E-state index is -0.113. The third-order valence-electron chi connectivity index (χ3n) is 2.04. The molecule has 0 aliphatic carbocycles. The highest BCUT2D eigenvalue weighted by Gasteiger charge is 2.09. The fourth-order valence-electron chi connectivity index (χ4n) is 1.29. The zero-order valence-corrected chi connectivity index (χ0v) is 11.1. The number of hydrogen-bond donors (Lipinski definition) is 1. The van der Waals surface area contributed by atoms with Crippen LogP contribution in [-0.2, 0) is 11.3 Å². The molecule has 0 aromatic carbocycles. The third-order valence-corrected chi connectivity index (χ3v) is 2.04. The lowest BCUT2D eigenvalue weighted by atomic mass is 10.2. The first-order valence-electron chi connectivity index (χ1n) is 5.87. The normalized spacial score (nSPS) is 11.5. The lowest BCUT2D eigenvalue weighted by Gasteiger charge is -2.19. The second kappa shape index (κ2) is 6.57. The van der Waals surface area contributed by atoms with Gasteiger partial charge in [-0.05, 0) is 40.0 Å². The zero-order valence-electron chi connectivity index (χ0n) is 11.1. The van der Waals surface area contributed by atoms with E-state index in [1.54, 1.807) is 6.20 Å². The highest BCUT2D eigenvalue weighted by atomic mass is 16.5. The monoisotopic (exact) mass is 238 g/mol. The third kappa shape index (κ3) is 6.24. The largest absolute Gasteiger partial charge is 0.490 e. The first-order valence-corrected chi connectivity index (χ1v) is 5.87. The van der Waals surface area contributed by atoms with Gasteiger partial charge in [-0.15, -0.1) is 0 Å². The Hall–Kier alpha value is -1.13. The molecule has 4 heteroatoms. The SMILES string of the molecule is CNCc1ccc(OCCOC(C)(C)C)cn1. The topological polar surface area (TPSA) is 43.4 Å². The van der Waals surface area contributed by atoms with Crippen LogP contribution in [0.5, 0.6) is 5.75 Å². The molecule has 0 aliphatic heterocycles. The van der Waals surface area contributed by atoms with Gasteiger partial charge in [0.25, 0.3) is 0 Å². The quantitative estimate of drug-likeness (QED) is 0.770. The van der Waals surface area contributed by atoms with Gasteiger partial charge in [-0.2, -0.15) is 0 Å². The van der Waals surface area contributed by atoms with Crippen LogP contribution >= 0.6 is 0 Å². The average Bonchev–Trinajstić information content (AvgIpc) is 2.26. The van der Waals surface area contributed by atoms with Gasteiger partial charge in [0.1, 0.15) is 12.4 Å². The molecule has 0 atom stereocenters. The molecule has 1 heterocycles. The van der Waals surface area contributed by atoms with Crippen LogP contribution in [0.3, 0.4) is 0 Å². The Labute approximate surface area is 103 Å². The van der Waals surface area contributed by atoms with E-state index in [1.165, 1.54) is 0 Å². The van der Waals surface area contributed by atoms with E-state index in [2.05, 4.69) is 10.3 Å². The lowest BCUT2D eigenvalue weighted by molar-refractivity contribution is -0.0163. The molecule has 1 N–H and O–H groups in total. The molecule has 0 saturated carbocycles. The Balaban J connectivity index is 2.27. The molecule has 0 unspecified atom stereocenters. The van der Waals surface area contributed by atoms with Crippen LogP contribution in [0.1, 0.15) is 26.5 Å². The highest BCUT2D eigenvalue weighted by molar-refractivity contribution is 5.19. The fourth-order valence-corrected chi connectivity index (χ4v) is 1.29. The molecule has 17 heavy (non-hydrogen) atoms. The lowest BCUT2D eigenvalue weighted by Crippen LogP contribution is -2.22. The van der Waals surface area contributed by atoms with Crippen molar-refractivity contribution in [3.63, 3.8) is 0 Å². The maximum Gasteiger partial charge on any atom is 0.137 e. The van der Waals surface area contributed by atoms with Crippen molar-refractivity contribution < 1.29 is 9.47 Å². The van der Waals surface area contributed by atoms with Gasteiger partial charge in [0.2, 0.25) is 0 Å². The zero-order chi connectivity index (χ0) is 12.7. The number of rotatable bonds is 6. The molecular weight excluding hydrogens is 216 g/mol. The molecule has 0 aliphatic rings. The van der Waals surface area contributed by atoms with Crippen LogP contribution in [0.4, 0.5) is 0 Å². The van der Waals surface area contributed by atoms with E-state index in [0.717, 1.165) is 18.0 Å². The predicted octanol–water partition coefficient (Wildman–Crippen LogP) is 1.99. The highest BCUT2D eigenvalue weighted by Crippen LogP contribution is 2.10. The van der Waals surface area contributed by atoms with Gasteiger partial charge in [0.05, 0.1) is 24.1 Å². The molecule has 4 nitrogen and oxygen atoms in total. The number of pyridine rings is 1. The summed E-state index contributed by atoms with van der Waals surface area (Å²) in [5.74, 6) is 0.780. The smallest absolute Gasteiger partial charge is 0.137 e. The number of aromatic nitrogens is 1. The summed E-state index contributed by atoms with van der Waals surface area (Å²) < 4.78 is 11.1. The van der Waals surface area contributed by atoms with Gasteiger partial charge < -0.3 is 14.8 Å². The standard InChI is InChI=1S/C13H22N2O2/c1-13(2,3)17-8-7-16-12-6-5-11(9-14-4)15-10-12/h5-6,10,14H,7-9H2,1-4H3. The van der Waals surface area contributed by atoms with Crippen molar-refractivity contribution in [2.75, 3.05) is 20.3 Å². The van der Waals surface area contributed by atoms with E-state index in [0.29, 0.717) is 13.2 Å². The van der Waals surface area contributed by atoms with Gasteiger partial charge in [0, 0.05) is 6.54 Å². The fraction of sp³-hybridized carbons (Fsp3) is 0.615. The van der Waals surface area contributed by atoms with Gasteiger partial charge >= 0.3 is 0 Å². The van der Waals surface area contributed by atoms with Crippen LogP contribution in [0.15, 0.2) is 18.3 Å². The Morgan fingerprint density at radius 3 is 2.53 bits per heavy atom. The number of ether oxygens (including phenoxy) is 2. The summed E-state index contributed by atoms with van der Waals surface area (Å²) >= 11 is 0. The molecule has 0 bridgehead atoms. The van der Waals surface area contributed by atoms with E-state index < -0.39 is 0 Å². The molecule has 0 saturated heterocycles. The van der Waals surface area contributed by atoms with E-state index in [9.17, 15) is 0 Å². The Morgan fingerprint density at radius 2 is 2.00 bits per heavy atom. The molecule has 0 amide bonds. The van der Waals surface area contributed by atoms with Crippen LogP contribution in [0.25, 0.3) is 0 Å². The van der Waals surface area contributed by atoms with Gasteiger partial charge in [-0.1, -0.05) is 0 Å². The van der Waals surface area contributed by atoms with Crippen molar-refractivity contribution in [1.82, 2.24) is 10.3 Å². The van der Waals surface area contributed by atoms with Gasteiger partial charge in [0.15, 0.2) is 0 Å². The van der Waals surface area contributed by atoms with Crippen molar-refractivity contribution in [2.45, 2.75) is 32.9 Å². The number of hydrogen-bond acceptors (Lipinski definition) is 4. The van der Waals surface area contributed by atoms with Crippen molar-refractivity contribution in [1.29, 1.82) is 0 Å². The number of nitrogens with one attached hydrogen (secondary N) is 1. The van der Waals surface area contributed by atoms with Crippen molar-refractivity contribution in [3.8, 4) is 5.75 Å². The average molecular weight is 238 g/mol. The van der Waals surface area contributed by atoms with Gasteiger partial charge in [-0.25, -0.2) is 0 Å². The van der Waals surface area contributed by atoms with Crippen LogP contribution in [0, 0.1) is 0 Å². The van der Waals surface area contributed by atoms with Gasteiger partial charge in [-0.3, -0.25) is 4.98 Å². The van der Waals surface area contributed by atoms with Crippen molar-refractivity contribution >= 4 is 0 Å². The maximum atomic E-state index is 5.56. The summed E-state index contributed by atoms with van der Waals surface area (Å²) in [4.78, 5) is 4.27. The summed E-state index contributed by atoms with van der Waals surface area (Å²) in [5, 5.41) is 3.05. The molecular formula is C13H22N2O2. The molecule has 1 aromatic heterocycles. The number of nitrogens with zero attached hydrogens (tertiary/aromatic N) is 1. The molecule has 1 rings (SSSR count). The second-order valence-corrected chi connectivity index (χ2v) is 4.82. The van der Waals surface area contributed by atoms with Crippen molar-refractivity contribution in [2.24, 2.45) is 0 Å². The molecule has 0 fully saturated rings. The van der Waals surface area contributed by atoms with Crippen molar-refractivity contribution in [3.05, 3.63) is 24.0 Å². The van der Waals surface area contributed by atoms with Crippen LogP contribution in [-0.4, -0.2) is 30.8 Å².